The second-order valence-corrected chi connectivity index (χ2v) is 13.5. The van der Waals surface area contributed by atoms with E-state index in [4.69, 9.17) is 4.98 Å². The number of nitrogens with one attached hydrogen (secondary N) is 1. The molecule has 0 bridgehead atoms. The molecule has 0 aliphatic heterocycles. The van der Waals surface area contributed by atoms with E-state index in [0.717, 1.165) is 47.4 Å². The van der Waals surface area contributed by atoms with Gasteiger partial charge in [-0.3, -0.25) is 0 Å². The van der Waals surface area contributed by atoms with Crippen LogP contribution >= 0.6 is 11.8 Å². The van der Waals surface area contributed by atoms with Crippen molar-refractivity contribution in [2.75, 3.05) is 5.32 Å². The van der Waals surface area contributed by atoms with Crippen LogP contribution in [0.4, 0.5) is 18.9 Å². The third kappa shape index (κ3) is 6.97. The molecule has 5 nitrogen and oxygen atoms in total. The first-order chi connectivity index (χ1) is 19.6. The van der Waals surface area contributed by atoms with Crippen molar-refractivity contribution in [1.82, 2.24) is 15.0 Å². The number of hydrogen-bond donors (Lipinski definition) is 1. The molecule has 3 aromatic carbocycles. The zero-order chi connectivity index (χ0) is 29.1. The molecule has 0 saturated carbocycles. The van der Waals surface area contributed by atoms with Gasteiger partial charge in [-0.05, 0) is 0 Å². The Balaban J connectivity index is 1.50. The fourth-order valence-corrected chi connectivity index (χ4v) is 7.89. The van der Waals surface area contributed by atoms with Gasteiger partial charge in [0.1, 0.15) is 0 Å². The van der Waals surface area contributed by atoms with Gasteiger partial charge in [0, 0.05) is 0 Å². The summed E-state index contributed by atoms with van der Waals surface area (Å²) in [4.78, 5) is 28.7. The maximum atomic E-state index is 13.2. The summed E-state index contributed by atoms with van der Waals surface area (Å²) in [5.41, 5.74) is 2.33. The molecule has 1 atom stereocenters. The van der Waals surface area contributed by atoms with Crippen LogP contribution < -0.4 is 14.1 Å². The number of carbonyl (C=O) groups is 1. The van der Waals surface area contributed by atoms with Gasteiger partial charge in [0.15, 0.2) is 0 Å². The Morgan fingerprint density at radius 1 is 0.951 bits per heavy atom. The van der Waals surface area contributed by atoms with Crippen molar-refractivity contribution in [3.8, 4) is 0 Å². The molecule has 5 aromatic rings. The summed E-state index contributed by atoms with van der Waals surface area (Å²) in [5, 5.41) is 3.67. The normalized spacial score (nSPS) is 12.0. The standard InChI is InChI=1S/C31H26AsF3N4OS/c1-18(2)26-13-12-24-28(36-17-37-29(24)39-26)32-25-16-22(9-14-27(25)41-23-10-7-19(3)8-11-23)38-30(40)20-5-4-6-21(15-20)31(33,34)35/h4-18,32H,1-3H3,(H,38,40). The minimum atomic E-state index is -4.53. The average Bonchev–Trinajstić information content (AvgIpc) is 2.95. The Kier molecular flexibility index (Phi) is 8.47. The first-order valence-electron chi connectivity index (χ1n) is 12.8. The van der Waals surface area contributed by atoms with Gasteiger partial charge in [-0.15, -0.1) is 0 Å². The summed E-state index contributed by atoms with van der Waals surface area (Å²) in [6.45, 7) is 6.20. The predicted octanol–water partition coefficient (Wildman–Crippen LogP) is 6.27. The third-order valence-electron chi connectivity index (χ3n) is 6.30. The van der Waals surface area contributed by atoms with Crippen LogP contribution in [0.3, 0.4) is 0 Å². The zero-order valence-electron chi connectivity index (χ0n) is 22.5. The fraction of sp³-hybridized carbons (Fsp3) is 0.161. The Labute approximate surface area is 246 Å². The Morgan fingerprint density at radius 3 is 2.46 bits per heavy atom. The number of carbonyl (C=O) groups excluding carboxylic acids is 1. The number of hydrogen-bond acceptors (Lipinski definition) is 5. The topological polar surface area (TPSA) is 67.8 Å². The van der Waals surface area contributed by atoms with Crippen LogP contribution in [0.25, 0.3) is 11.0 Å². The van der Waals surface area contributed by atoms with Crippen LogP contribution in [-0.4, -0.2) is 36.6 Å². The number of fused-ring (bicyclic) bond motifs is 1. The van der Waals surface area contributed by atoms with Gasteiger partial charge in [-0.1, -0.05) is 0 Å². The Hall–Kier alpha value is -3.68. The summed E-state index contributed by atoms with van der Waals surface area (Å²) < 4.78 is 41.5. The van der Waals surface area contributed by atoms with E-state index in [9.17, 15) is 18.0 Å². The first kappa shape index (κ1) is 28.8. The molecule has 1 N–H and O–H groups in total. The first-order valence-corrected chi connectivity index (χ1v) is 15.7. The quantitative estimate of drug-likeness (QED) is 0.214. The molecule has 2 heterocycles. The van der Waals surface area contributed by atoms with E-state index in [-0.39, 0.29) is 11.5 Å². The molecule has 1 unspecified atom stereocenters. The summed E-state index contributed by atoms with van der Waals surface area (Å²) in [5.74, 6) is -0.345. The number of rotatable bonds is 7. The number of aromatic nitrogens is 3. The third-order valence-corrected chi connectivity index (χ3v) is 10.5. The van der Waals surface area contributed by atoms with Crippen LogP contribution in [0.15, 0.2) is 95.0 Å². The molecule has 0 saturated heterocycles. The number of nitrogens with zero attached hydrogens (tertiary/aromatic N) is 3. The summed E-state index contributed by atoms with van der Waals surface area (Å²) in [6.07, 6.45) is -3.00. The van der Waals surface area contributed by atoms with Gasteiger partial charge in [0.2, 0.25) is 0 Å². The molecule has 0 aliphatic rings. The van der Waals surface area contributed by atoms with Crippen LogP contribution in [-0.2, 0) is 6.18 Å². The predicted molar refractivity (Wildman–Crippen MR) is 159 cm³/mol. The number of aryl methyl sites for hydroxylation is 1. The van der Waals surface area contributed by atoms with Gasteiger partial charge in [0.05, 0.1) is 0 Å². The molecule has 0 fully saturated rings. The maximum absolute atomic E-state index is 13.2. The number of halogens is 3. The van der Waals surface area contributed by atoms with E-state index in [1.807, 2.05) is 31.2 Å². The molecule has 5 rings (SSSR count). The van der Waals surface area contributed by atoms with E-state index in [1.54, 1.807) is 17.8 Å². The second kappa shape index (κ2) is 12.0. The molecule has 2 aromatic heterocycles. The SMILES string of the molecule is Cc1ccc(Sc2ccc(NC(=O)c3cccc(C(F)(F)F)c3)cc2[AsH]c2ncnc3nc(C(C)C)ccc23)cc1. The van der Waals surface area contributed by atoms with E-state index in [0.29, 0.717) is 11.3 Å². The molecule has 0 radical (unpaired) electrons. The molecule has 0 spiro atoms. The molecule has 10 heteroatoms. The van der Waals surface area contributed by atoms with Crippen molar-refractivity contribution in [2.45, 2.75) is 42.7 Å². The summed E-state index contributed by atoms with van der Waals surface area (Å²) in [6, 6.07) is 22.2. The van der Waals surface area contributed by atoms with Gasteiger partial charge in [0.25, 0.3) is 0 Å². The molecular weight excluding hydrogens is 608 g/mol. The zero-order valence-corrected chi connectivity index (χ0v) is 25.4. The number of benzene rings is 3. The fourth-order valence-electron chi connectivity index (χ4n) is 4.07. The molecule has 208 valence electrons. The number of anilines is 1. The van der Waals surface area contributed by atoms with E-state index >= 15 is 0 Å². The van der Waals surface area contributed by atoms with Crippen molar-refractivity contribution in [3.05, 3.63) is 108 Å². The van der Waals surface area contributed by atoms with Crippen molar-refractivity contribution in [1.29, 1.82) is 0 Å². The van der Waals surface area contributed by atoms with E-state index < -0.39 is 33.4 Å². The van der Waals surface area contributed by atoms with Gasteiger partial charge >= 0.3 is 247 Å². The summed E-state index contributed by atoms with van der Waals surface area (Å²) in [7, 11) is 0. The van der Waals surface area contributed by atoms with Crippen molar-refractivity contribution < 1.29 is 18.0 Å². The van der Waals surface area contributed by atoms with Gasteiger partial charge in [-0.2, -0.15) is 0 Å². The van der Waals surface area contributed by atoms with Crippen molar-refractivity contribution >= 4 is 59.0 Å². The monoisotopic (exact) mass is 634 g/mol. The number of alkyl halides is 3. The Bertz CT molecular complexity index is 1730. The molecule has 41 heavy (non-hydrogen) atoms. The Morgan fingerprint density at radius 2 is 1.73 bits per heavy atom. The average molecular weight is 635 g/mol. The van der Waals surface area contributed by atoms with Crippen LogP contribution in [0.5, 0.6) is 0 Å². The molecule has 0 aliphatic carbocycles. The summed E-state index contributed by atoms with van der Waals surface area (Å²) >= 11 is 0.585. The van der Waals surface area contributed by atoms with Crippen molar-refractivity contribution in [3.63, 3.8) is 0 Å². The van der Waals surface area contributed by atoms with Crippen LogP contribution in [0.2, 0.25) is 0 Å². The van der Waals surface area contributed by atoms with Gasteiger partial charge < -0.3 is 0 Å². The van der Waals surface area contributed by atoms with E-state index in [1.165, 1.54) is 18.5 Å². The second-order valence-electron chi connectivity index (χ2n) is 9.77. The van der Waals surface area contributed by atoms with Crippen LogP contribution in [0.1, 0.15) is 46.9 Å². The number of pyridine rings is 1. The molecule has 1 amide bonds. The van der Waals surface area contributed by atoms with Crippen molar-refractivity contribution in [2.24, 2.45) is 0 Å². The molecular formula is C31H26AsF3N4OS. The minimum absolute atomic E-state index is 0.0654. The van der Waals surface area contributed by atoms with Crippen LogP contribution in [0, 0.1) is 6.92 Å². The number of amides is 1. The van der Waals surface area contributed by atoms with E-state index in [2.05, 4.69) is 53.4 Å². The van der Waals surface area contributed by atoms with Gasteiger partial charge in [-0.25, -0.2) is 0 Å².